The Morgan fingerprint density at radius 3 is 2.60 bits per heavy atom. The van der Waals surface area contributed by atoms with Crippen molar-refractivity contribution in [2.45, 2.75) is 0 Å². The minimum Gasteiger partial charge on any atom is -0.350 e. The summed E-state index contributed by atoms with van der Waals surface area (Å²) in [6, 6.07) is 6.07. The molecule has 0 bridgehead atoms. The maximum Gasteiger partial charge on any atom is 0.257 e. The van der Waals surface area contributed by atoms with Crippen LogP contribution in [0.3, 0.4) is 0 Å². The molecule has 0 atom stereocenters. The summed E-state index contributed by atoms with van der Waals surface area (Å²) in [5.41, 5.74) is 1.22. The van der Waals surface area contributed by atoms with Crippen LogP contribution in [0.1, 0.15) is 10.4 Å². The normalized spacial score (nSPS) is 15.6. The van der Waals surface area contributed by atoms with E-state index in [9.17, 15) is 17.6 Å². The lowest BCUT2D eigenvalue weighted by atomic mass is 10.1. The van der Waals surface area contributed by atoms with Crippen LogP contribution in [0.5, 0.6) is 0 Å². The molecule has 1 saturated heterocycles. The molecule has 0 aliphatic carbocycles. The molecule has 0 unspecified atom stereocenters. The van der Waals surface area contributed by atoms with Crippen LogP contribution in [0, 0.1) is 5.82 Å². The number of carbonyl (C=O) groups excluding carboxylic acids is 1. The van der Waals surface area contributed by atoms with Crippen molar-refractivity contribution in [1.29, 1.82) is 0 Å². The summed E-state index contributed by atoms with van der Waals surface area (Å²) in [6.07, 6.45) is 3.22. The first kappa shape index (κ1) is 22.3. The van der Waals surface area contributed by atoms with E-state index in [-0.39, 0.29) is 53.6 Å². The second-order valence-electron chi connectivity index (χ2n) is 6.90. The van der Waals surface area contributed by atoms with E-state index in [4.69, 9.17) is 11.6 Å². The van der Waals surface area contributed by atoms with E-state index in [2.05, 4.69) is 10.3 Å². The third kappa shape index (κ3) is 4.23. The Kier molecular flexibility index (Phi) is 6.26. The molecule has 1 N–H and O–H groups in total. The summed E-state index contributed by atoms with van der Waals surface area (Å²) >= 11 is 5.80. The lowest BCUT2D eigenvalue weighted by Crippen LogP contribution is -2.43. The van der Waals surface area contributed by atoms with E-state index in [0.29, 0.717) is 22.3 Å². The van der Waals surface area contributed by atoms with Gasteiger partial charge >= 0.3 is 0 Å². The van der Waals surface area contributed by atoms with Crippen molar-refractivity contribution >= 4 is 62.2 Å². The van der Waals surface area contributed by atoms with Crippen molar-refractivity contribution in [3.63, 3.8) is 0 Å². The van der Waals surface area contributed by atoms with Crippen molar-refractivity contribution < 1.29 is 17.6 Å². The highest BCUT2D eigenvalue weighted by Crippen LogP contribution is 2.30. The molecular weight excluding hydrogens is 454 g/mol. The molecule has 3 aromatic rings. The molecule has 7 nitrogen and oxygen atoms in total. The van der Waals surface area contributed by atoms with Crippen LogP contribution in [0.15, 0.2) is 36.7 Å². The van der Waals surface area contributed by atoms with Crippen LogP contribution in [-0.4, -0.2) is 53.4 Å². The second-order valence-corrected chi connectivity index (χ2v) is 9.64. The molecule has 1 aromatic carbocycles. The number of benzene rings is 1. The van der Waals surface area contributed by atoms with Crippen LogP contribution < -0.4 is 5.32 Å². The fraction of sp³-hybridized carbons (Fsp3) is 0.263. The van der Waals surface area contributed by atoms with Gasteiger partial charge < -0.3 is 14.8 Å². The third-order valence-corrected chi connectivity index (χ3v) is 6.80. The number of pyridine rings is 1. The molecule has 0 saturated carbocycles. The number of halogens is 3. The fourth-order valence-corrected chi connectivity index (χ4v) is 4.74. The molecule has 0 radical (unpaired) electrons. The zero-order valence-electron chi connectivity index (χ0n) is 15.9. The van der Waals surface area contributed by atoms with Crippen LogP contribution in [0.4, 0.5) is 15.9 Å². The fourth-order valence-electron chi connectivity index (χ4n) is 3.38. The molecule has 1 amide bonds. The maximum absolute atomic E-state index is 14.2. The van der Waals surface area contributed by atoms with Gasteiger partial charge in [0, 0.05) is 42.9 Å². The van der Waals surface area contributed by atoms with Gasteiger partial charge in [-0.25, -0.2) is 17.8 Å². The average Bonchev–Trinajstić information content (AvgIpc) is 3.06. The highest BCUT2D eigenvalue weighted by Gasteiger charge is 2.28. The smallest absolute Gasteiger partial charge is 0.257 e. The zero-order chi connectivity index (χ0) is 20.8. The number of amides is 1. The Morgan fingerprint density at radius 2 is 1.93 bits per heavy atom. The number of sulfone groups is 1. The van der Waals surface area contributed by atoms with E-state index in [1.807, 2.05) is 0 Å². The number of aryl methyl sites for hydroxylation is 1. The molecule has 160 valence electrons. The predicted octanol–water partition coefficient (Wildman–Crippen LogP) is 3.40. The van der Waals surface area contributed by atoms with Gasteiger partial charge in [0.15, 0.2) is 9.84 Å². The number of hydrogen-bond donors (Lipinski definition) is 1. The standard InChI is InChI=1S/C19H18ClFN4O3S.ClH/c1-24-5-4-13-17(24)14(19(26)25-6-8-29(27,28)9-7-25)11-22-18(13)23-16-3-2-12(20)10-15(16)21;/h2-5,10-11H,6-9H2,1H3,(H,22,23);1H. The zero-order valence-corrected chi connectivity index (χ0v) is 18.3. The van der Waals surface area contributed by atoms with E-state index in [1.54, 1.807) is 29.9 Å². The average molecular weight is 473 g/mol. The minimum atomic E-state index is -3.09. The third-order valence-electron chi connectivity index (χ3n) is 4.95. The van der Waals surface area contributed by atoms with Gasteiger partial charge in [-0.3, -0.25) is 4.79 Å². The van der Waals surface area contributed by atoms with Gasteiger partial charge in [0.1, 0.15) is 11.6 Å². The van der Waals surface area contributed by atoms with Crippen molar-refractivity contribution in [2.24, 2.45) is 7.05 Å². The van der Waals surface area contributed by atoms with Gasteiger partial charge in [0.25, 0.3) is 5.91 Å². The molecule has 1 aliphatic rings. The van der Waals surface area contributed by atoms with E-state index < -0.39 is 15.7 Å². The lowest BCUT2D eigenvalue weighted by molar-refractivity contribution is 0.0771. The number of nitrogens with zero attached hydrogens (tertiary/aromatic N) is 3. The number of anilines is 2. The van der Waals surface area contributed by atoms with Crippen molar-refractivity contribution in [1.82, 2.24) is 14.5 Å². The number of aromatic nitrogens is 2. The summed E-state index contributed by atoms with van der Waals surface area (Å²) in [7, 11) is -1.29. The van der Waals surface area contributed by atoms with Crippen LogP contribution in [0.25, 0.3) is 10.9 Å². The van der Waals surface area contributed by atoms with Crippen LogP contribution in [-0.2, 0) is 16.9 Å². The molecule has 11 heteroatoms. The number of nitrogens with one attached hydrogen (secondary N) is 1. The Balaban J connectivity index is 0.00000256. The van der Waals surface area contributed by atoms with Crippen molar-refractivity contribution in [3.05, 3.63) is 53.1 Å². The Morgan fingerprint density at radius 1 is 1.23 bits per heavy atom. The number of rotatable bonds is 3. The Bertz CT molecular complexity index is 1220. The van der Waals surface area contributed by atoms with Gasteiger partial charge in [-0.05, 0) is 24.3 Å². The van der Waals surface area contributed by atoms with Gasteiger partial charge in [0.2, 0.25) is 0 Å². The summed E-state index contributed by atoms with van der Waals surface area (Å²) < 4.78 is 39.2. The lowest BCUT2D eigenvalue weighted by Gasteiger charge is -2.27. The predicted molar refractivity (Wildman–Crippen MR) is 117 cm³/mol. The van der Waals surface area contributed by atoms with Gasteiger partial charge in [-0.2, -0.15) is 0 Å². The first-order chi connectivity index (χ1) is 13.7. The number of fused-ring (bicyclic) bond motifs is 1. The van der Waals surface area contributed by atoms with Gasteiger partial charge in [0.05, 0.1) is 28.3 Å². The van der Waals surface area contributed by atoms with E-state index in [1.165, 1.54) is 23.2 Å². The quantitative estimate of drug-likeness (QED) is 0.631. The maximum atomic E-state index is 14.2. The summed E-state index contributed by atoms with van der Waals surface area (Å²) in [6.45, 7) is 0.312. The molecular formula is C19H19Cl2FN4O3S. The minimum absolute atomic E-state index is 0. The number of carbonyl (C=O) groups is 1. The Labute approximate surface area is 184 Å². The second kappa shape index (κ2) is 8.41. The SMILES string of the molecule is Cl.Cn1ccc2c(Nc3ccc(Cl)cc3F)ncc(C(=O)N3CCS(=O)(=O)CC3)c21. The molecule has 0 spiro atoms. The molecule has 1 aliphatic heterocycles. The van der Waals surface area contributed by atoms with E-state index >= 15 is 0 Å². The largest absolute Gasteiger partial charge is 0.350 e. The molecule has 30 heavy (non-hydrogen) atoms. The first-order valence-electron chi connectivity index (χ1n) is 8.91. The molecule has 3 heterocycles. The van der Waals surface area contributed by atoms with Crippen LogP contribution in [0.2, 0.25) is 5.02 Å². The topological polar surface area (TPSA) is 84.3 Å². The molecule has 2 aromatic heterocycles. The van der Waals surface area contributed by atoms with Crippen molar-refractivity contribution in [2.75, 3.05) is 29.9 Å². The highest BCUT2D eigenvalue weighted by molar-refractivity contribution is 7.91. The van der Waals surface area contributed by atoms with Gasteiger partial charge in [-0.15, -0.1) is 12.4 Å². The molecule has 1 fully saturated rings. The van der Waals surface area contributed by atoms with Gasteiger partial charge in [-0.1, -0.05) is 11.6 Å². The molecule has 4 rings (SSSR count). The van der Waals surface area contributed by atoms with Crippen LogP contribution >= 0.6 is 24.0 Å². The Hall–Kier alpha value is -2.36. The highest BCUT2D eigenvalue weighted by atomic mass is 35.5. The summed E-state index contributed by atoms with van der Waals surface area (Å²) in [5, 5.41) is 3.89. The number of hydrogen-bond acceptors (Lipinski definition) is 5. The summed E-state index contributed by atoms with van der Waals surface area (Å²) in [5.74, 6) is -0.475. The monoisotopic (exact) mass is 472 g/mol. The first-order valence-corrected chi connectivity index (χ1v) is 11.1. The van der Waals surface area contributed by atoms with Crippen molar-refractivity contribution in [3.8, 4) is 0 Å². The summed E-state index contributed by atoms with van der Waals surface area (Å²) in [4.78, 5) is 18.9. The van der Waals surface area contributed by atoms with E-state index in [0.717, 1.165) is 0 Å².